The molecule has 0 aliphatic carbocycles. The average Bonchev–Trinajstić information content (AvgIpc) is 2.03. The van der Waals surface area contributed by atoms with Gasteiger partial charge in [-0.25, -0.2) is 0 Å². The van der Waals surface area contributed by atoms with Gasteiger partial charge in [0.1, 0.15) is 5.75 Å². The van der Waals surface area contributed by atoms with E-state index in [9.17, 15) is 5.11 Å². The van der Waals surface area contributed by atoms with E-state index in [1.54, 1.807) is 6.07 Å². The Morgan fingerprint density at radius 2 is 2.25 bits per heavy atom. The van der Waals surface area contributed by atoms with E-state index in [-0.39, 0.29) is 0 Å². The number of benzene rings is 1. The molecular formula is C10H14NO. The van der Waals surface area contributed by atoms with Gasteiger partial charge < -0.3 is 10.8 Å². The van der Waals surface area contributed by atoms with Gasteiger partial charge in [0.2, 0.25) is 0 Å². The van der Waals surface area contributed by atoms with E-state index < -0.39 is 0 Å². The number of hydrogen-bond acceptors (Lipinski definition) is 2. The van der Waals surface area contributed by atoms with Gasteiger partial charge in [-0.3, -0.25) is 0 Å². The van der Waals surface area contributed by atoms with Gasteiger partial charge >= 0.3 is 0 Å². The molecule has 65 valence electrons. The van der Waals surface area contributed by atoms with Crippen LogP contribution in [0.3, 0.4) is 0 Å². The van der Waals surface area contributed by atoms with Gasteiger partial charge in [-0.1, -0.05) is 13.8 Å². The molecule has 0 aromatic heterocycles. The Kier molecular flexibility index (Phi) is 2.71. The number of hydrogen-bond donors (Lipinski definition) is 2. The fraction of sp³-hybridized carbons (Fsp3) is 0.400. The lowest BCUT2D eigenvalue weighted by atomic mass is 10.0. The number of phenolic OH excluding ortho intramolecular Hbond substituents is 1. The third-order valence-corrected chi connectivity index (χ3v) is 1.86. The third kappa shape index (κ3) is 1.77. The highest BCUT2D eigenvalue weighted by Crippen LogP contribution is 2.25. The summed E-state index contributed by atoms with van der Waals surface area (Å²) in [4.78, 5) is 0. The van der Waals surface area contributed by atoms with Crippen molar-refractivity contribution in [2.45, 2.75) is 26.3 Å². The second-order valence-corrected chi connectivity index (χ2v) is 3.16. The second-order valence-electron chi connectivity index (χ2n) is 3.16. The highest BCUT2D eigenvalue weighted by molar-refractivity contribution is 5.37. The van der Waals surface area contributed by atoms with Gasteiger partial charge in [0.05, 0.1) is 0 Å². The molecule has 0 amide bonds. The van der Waals surface area contributed by atoms with E-state index in [4.69, 9.17) is 5.73 Å². The summed E-state index contributed by atoms with van der Waals surface area (Å²) in [5.74, 6) is 0.650. The van der Waals surface area contributed by atoms with Crippen molar-refractivity contribution in [1.29, 1.82) is 0 Å². The molecule has 0 bridgehead atoms. The van der Waals surface area contributed by atoms with E-state index >= 15 is 0 Å². The molecule has 1 radical (unpaired) electrons. The van der Waals surface area contributed by atoms with E-state index in [0.29, 0.717) is 18.2 Å². The van der Waals surface area contributed by atoms with Crippen LogP contribution in [0.4, 0.5) is 0 Å². The van der Waals surface area contributed by atoms with Crippen LogP contribution in [0.1, 0.15) is 30.9 Å². The molecule has 0 aliphatic heterocycles. The van der Waals surface area contributed by atoms with Crippen LogP contribution in [-0.4, -0.2) is 5.11 Å². The zero-order valence-electron chi connectivity index (χ0n) is 7.46. The van der Waals surface area contributed by atoms with Crippen molar-refractivity contribution in [3.05, 3.63) is 29.3 Å². The molecule has 1 rings (SSSR count). The summed E-state index contributed by atoms with van der Waals surface area (Å²) in [5.41, 5.74) is 7.17. The lowest BCUT2D eigenvalue weighted by Gasteiger charge is -2.08. The summed E-state index contributed by atoms with van der Waals surface area (Å²) >= 11 is 0. The van der Waals surface area contributed by atoms with Crippen molar-refractivity contribution >= 4 is 0 Å². The Morgan fingerprint density at radius 3 is 2.67 bits per heavy atom. The minimum absolute atomic E-state index is 0.323. The summed E-state index contributed by atoms with van der Waals surface area (Å²) in [6, 6.07) is 6.51. The molecule has 1 aromatic rings. The first-order chi connectivity index (χ1) is 5.65. The van der Waals surface area contributed by atoms with E-state index in [1.165, 1.54) is 0 Å². The van der Waals surface area contributed by atoms with Crippen molar-refractivity contribution in [1.82, 2.24) is 0 Å². The first kappa shape index (κ1) is 9.07. The van der Waals surface area contributed by atoms with Gasteiger partial charge in [-0.2, -0.15) is 0 Å². The van der Waals surface area contributed by atoms with E-state index in [0.717, 1.165) is 11.1 Å². The molecule has 1 aromatic carbocycles. The summed E-state index contributed by atoms with van der Waals surface area (Å²) in [5, 5.41) is 9.52. The molecule has 2 nitrogen and oxygen atoms in total. The van der Waals surface area contributed by atoms with Crippen LogP contribution in [0.15, 0.2) is 12.1 Å². The number of phenols is 1. The smallest absolute Gasteiger partial charge is 0.119 e. The Morgan fingerprint density at radius 1 is 1.58 bits per heavy atom. The fourth-order valence-corrected chi connectivity index (χ4v) is 1.11. The summed E-state index contributed by atoms with van der Waals surface area (Å²) < 4.78 is 0. The minimum atomic E-state index is 0.323. The first-order valence-electron chi connectivity index (χ1n) is 4.08. The van der Waals surface area contributed by atoms with Crippen LogP contribution < -0.4 is 5.73 Å². The molecule has 0 atom stereocenters. The van der Waals surface area contributed by atoms with Crippen LogP contribution in [-0.2, 0) is 6.54 Å². The first-order valence-corrected chi connectivity index (χ1v) is 4.08. The predicted octanol–water partition coefficient (Wildman–Crippen LogP) is 1.77. The highest BCUT2D eigenvalue weighted by atomic mass is 16.3. The summed E-state index contributed by atoms with van der Waals surface area (Å²) in [6.45, 7) is 4.49. The van der Waals surface area contributed by atoms with Gasteiger partial charge in [-0.15, -0.1) is 0 Å². The average molecular weight is 164 g/mol. The summed E-state index contributed by atoms with van der Waals surface area (Å²) in [6.07, 6.45) is 0. The Labute approximate surface area is 73.0 Å². The molecule has 0 saturated carbocycles. The van der Waals surface area contributed by atoms with Crippen LogP contribution in [0.25, 0.3) is 0 Å². The molecule has 0 spiro atoms. The van der Waals surface area contributed by atoms with Crippen LogP contribution >= 0.6 is 0 Å². The van der Waals surface area contributed by atoms with Crippen LogP contribution in [0.2, 0.25) is 0 Å². The van der Waals surface area contributed by atoms with Crippen molar-refractivity contribution < 1.29 is 5.11 Å². The quantitative estimate of drug-likeness (QED) is 0.699. The number of aromatic hydroxyl groups is 1. The zero-order chi connectivity index (χ0) is 9.14. The number of rotatable bonds is 2. The van der Waals surface area contributed by atoms with Gasteiger partial charge in [0.25, 0.3) is 0 Å². The molecule has 3 N–H and O–H groups in total. The van der Waals surface area contributed by atoms with E-state index in [2.05, 4.69) is 6.07 Å². The Hall–Kier alpha value is -1.02. The SMILES string of the molecule is CC(C)c1c[c]c(CN)cc1O. The van der Waals surface area contributed by atoms with Gasteiger partial charge in [0, 0.05) is 6.54 Å². The number of nitrogens with two attached hydrogens (primary N) is 1. The largest absolute Gasteiger partial charge is 0.508 e. The summed E-state index contributed by atoms with van der Waals surface area (Å²) in [7, 11) is 0. The van der Waals surface area contributed by atoms with Gasteiger partial charge in [0.15, 0.2) is 0 Å². The molecule has 0 aliphatic rings. The maximum Gasteiger partial charge on any atom is 0.119 e. The lowest BCUT2D eigenvalue weighted by molar-refractivity contribution is 0.464. The maximum absolute atomic E-state index is 9.52. The molecule has 12 heavy (non-hydrogen) atoms. The van der Waals surface area contributed by atoms with Crippen molar-refractivity contribution in [3.63, 3.8) is 0 Å². The highest BCUT2D eigenvalue weighted by Gasteiger charge is 2.05. The molecule has 0 unspecified atom stereocenters. The third-order valence-electron chi connectivity index (χ3n) is 1.86. The Bertz CT molecular complexity index is 269. The Balaban J connectivity index is 3.03. The molecule has 2 heteroatoms. The minimum Gasteiger partial charge on any atom is -0.508 e. The van der Waals surface area contributed by atoms with E-state index in [1.807, 2.05) is 19.9 Å². The molecule has 0 heterocycles. The molecule has 0 fully saturated rings. The van der Waals surface area contributed by atoms with Gasteiger partial charge in [-0.05, 0) is 35.2 Å². The van der Waals surface area contributed by atoms with Crippen LogP contribution in [0, 0.1) is 6.07 Å². The molecular weight excluding hydrogens is 150 g/mol. The monoisotopic (exact) mass is 164 g/mol. The fourth-order valence-electron chi connectivity index (χ4n) is 1.11. The lowest BCUT2D eigenvalue weighted by Crippen LogP contribution is -1.97. The second kappa shape index (κ2) is 3.59. The van der Waals surface area contributed by atoms with Crippen LogP contribution in [0.5, 0.6) is 5.75 Å². The van der Waals surface area contributed by atoms with Crippen molar-refractivity contribution in [2.75, 3.05) is 0 Å². The standard InChI is InChI=1S/C10H14NO/c1-7(2)9-4-3-8(6-11)5-10(9)12/h4-5,7,12H,6,11H2,1-2H3. The predicted molar refractivity (Wildman–Crippen MR) is 48.9 cm³/mol. The normalized spacial score (nSPS) is 10.7. The topological polar surface area (TPSA) is 46.2 Å². The zero-order valence-corrected chi connectivity index (χ0v) is 7.46. The maximum atomic E-state index is 9.52. The van der Waals surface area contributed by atoms with Crippen molar-refractivity contribution in [3.8, 4) is 5.75 Å². The van der Waals surface area contributed by atoms with Crippen molar-refractivity contribution in [2.24, 2.45) is 5.73 Å². The molecule has 0 saturated heterocycles.